The van der Waals surface area contributed by atoms with E-state index < -0.39 is 0 Å². The van der Waals surface area contributed by atoms with E-state index >= 15 is 0 Å². The number of benzene rings is 3. The number of carbonyl (C=O) groups is 2. The number of nitrogens with zero attached hydrogens (tertiary/aromatic N) is 3. The Hall–Kier alpha value is -3.71. The molecule has 34 heavy (non-hydrogen) atoms. The average molecular weight is 469 g/mol. The van der Waals surface area contributed by atoms with Gasteiger partial charge in [0.25, 0.3) is 0 Å². The SMILES string of the molecule is Cc1cccc(-n2c(Cc3ccccc3)nnc2SCC(=O)c2ccc3c(c2)[C@H](C)C(=O)N3)c1. The molecule has 1 atom stereocenters. The van der Waals surface area contributed by atoms with Crippen molar-refractivity contribution in [3.8, 4) is 5.69 Å². The van der Waals surface area contributed by atoms with Crippen LogP contribution in [-0.2, 0) is 11.2 Å². The van der Waals surface area contributed by atoms with Crippen molar-refractivity contribution in [2.24, 2.45) is 0 Å². The minimum Gasteiger partial charge on any atom is -0.325 e. The molecule has 0 aliphatic carbocycles. The Kier molecular flexibility index (Phi) is 6.02. The maximum Gasteiger partial charge on any atom is 0.231 e. The first-order valence-corrected chi connectivity index (χ1v) is 12.1. The molecule has 170 valence electrons. The van der Waals surface area contributed by atoms with Gasteiger partial charge in [-0.1, -0.05) is 54.2 Å². The highest BCUT2D eigenvalue weighted by molar-refractivity contribution is 7.99. The number of nitrogens with one attached hydrogen (secondary N) is 1. The largest absolute Gasteiger partial charge is 0.325 e. The predicted molar refractivity (Wildman–Crippen MR) is 134 cm³/mol. The Morgan fingerprint density at radius 3 is 2.65 bits per heavy atom. The van der Waals surface area contributed by atoms with Crippen molar-refractivity contribution >= 4 is 29.1 Å². The van der Waals surface area contributed by atoms with Gasteiger partial charge in [0, 0.05) is 23.4 Å². The lowest BCUT2D eigenvalue weighted by Crippen LogP contribution is -2.08. The molecule has 0 saturated carbocycles. The number of amides is 1. The fourth-order valence-corrected chi connectivity index (χ4v) is 4.98. The molecule has 1 aliphatic heterocycles. The molecule has 0 radical (unpaired) electrons. The van der Waals surface area contributed by atoms with Crippen molar-refractivity contribution in [3.63, 3.8) is 0 Å². The van der Waals surface area contributed by atoms with Crippen molar-refractivity contribution in [3.05, 3.63) is 101 Å². The summed E-state index contributed by atoms with van der Waals surface area (Å²) in [5.41, 5.74) is 5.51. The second kappa shape index (κ2) is 9.27. The fourth-order valence-electron chi connectivity index (χ4n) is 4.12. The van der Waals surface area contributed by atoms with Crippen LogP contribution in [-0.4, -0.2) is 32.2 Å². The summed E-state index contributed by atoms with van der Waals surface area (Å²) < 4.78 is 2.03. The number of carbonyl (C=O) groups excluding carboxylic acids is 2. The molecular weight excluding hydrogens is 444 g/mol. The molecule has 7 heteroatoms. The third-order valence-electron chi connectivity index (χ3n) is 5.99. The molecule has 3 aromatic carbocycles. The number of rotatable bonds is 7. The van der Waals surface area contributed by atoms with Crippen LogP contribution in [0.2, 0.25) is 0 Å². The normalized spacial score (nSPS) is 14.6. The summed E-state index contributed by atoms with van der Waals surface area (Å²) in [6.45, 7) is 3.90. The number of aromatic nitrogens is 3. The standard InChI is InChI=1S/C27H24N4O2S/c1-17-7-6-10-21(13-17)31-25(14-19-8-4-3-5-9-19)29-30-27(31)34-16-24(32)20-11-12-23-22(15-20)18(2)26(33)28-23/h3-13,15,18H,14,16H2,1-2H3,(H,28,33)/t18-/m0/s1. The summed E-state index contributed by atoms with van der Waals surface area (Å²) >= 11 is 1.37. The van der Waals surface area contributed by atoms with E-state index in [9.17, 15) is 9.59 Å². The first-order chi connectivity index (χ1) is 16.5. The van der Waals surface area contributed by atoms with Crippen LogP contribution in [0.1, 0.15) is 45.7 Å². The minimum atomic E-state index is -0.250. The number of thioether (sulfide) groups is 1. The van der Waals surface area contributed by atoms with Gasteiger partial charge in [-0.25, -0.2) is 0 Å². The molecule has 0 unspecified atom stereocenters. The number of fused-ring (bicyclic) bond motifs is 1. The highest BCUT2D eigenvalue weighted by atomic mass is 32.2. The Morgan fingerprint density at radius 1 is 1.03 bits per heavy atom. The molecule has 0 saturated heterocycles. The number of ketones is 1. The van der Waals surface area contributed by atoms with Crippen molar-refractivity contribution in [2.75, 3.05) is 11.1 Å². The summed E-state index contributed by atoms with van der Waals surface area (Å²) in [5.74, 6) is 0.751. The summed E-state index contributed by atoms with van der Waals surface area (Å²) in [6, 6.07) is 23.7. The fraction of sp³-hybridized carbons (Fsp3) is 0.185. The van der Waals surface area contributed by atoms with E-state index in [2.05, 4.69) is 46.7 Å². The quantitative estimate of drug-likeness (QED) is 0.298. The molecule has 1 aromatic heterocycles. The molecule has 5 rings (SSSR count). The predicted octanol–water partition coefficient (Wildman–Crippen LogP) is 5.20. The van der Waals surface area contributed by atoms with Crippen LogP contribution in [0.25, 0.3) is 5.69 Å². The summed E-state index contributed by atoms with van der Waals surface area (Å²) in [5, 5.41) is 12.4. The third-order valence-corrected chi connectivity index (χ3v) is 6.92. The zero-order valence-corrected chi connectivity index (χ0v) is 19.8. The Bertz CT molecular complexity index is 1380. The van der Waals surface area contributed by atoms with E-state index in [0.29, 0.717) is 17.1 Å². The molecule has 0 bridgehead atoms. The first kappa shape index (κ1) is 22.1. The van der Waals surface area contributed by atoms with Gasteiger partial charge in [-0.15, -0.1) is 10.2 Å². The first-order valence-electron chi connectivity index (χ1n) is 11.2. The Balaban J connectivity index is 1.41. The molecule has 0 fully saturated rings. The molecule has 0 spiro atoms. The number of anilines is 1. The van der Waals surface area contributed by atoms with Gasteiger partial charge in [0.05, 0.1) is 11.7 Å². The third kappa shape index (κ3) is 4.39. The number of Topliss-reactive ketones (excluding diaryl/α,β-unsaturated/α-hetero) is 1. The van der Waals surface area contributed by atoms with Crippen molar-refractivity contribution in [1.82, 2.24) is 14.8 Å². The highest BCUT2D eigenvalue weighted by Gasteiger charge is 2.27. The van der Waals surface area contributed by atoms with Gasteiger partial charge in [0.15, 0.2) is 10.9 Å². The molecular formula is C27H24N4O2S. The second-order valence-corrected chi connectivity index (χ2v) is 9.40. The molecule has 1 N–H and O–H groups in total. The van der Waals surface area contributed by atoms with Crippen molar-refractivity contribution < 1.29 is 9.59 Å². The maximum absolute atomic E-state index is 13.0. The highest BCUT2D eigenvalue weighted by Crippen LogP contribution is 2.33. The van der Waals surface area contributed by atoms with E-state index in [1.54, 1.807) is 6.07 Å². The van der Waals surface area contributed by atoms with Crippen LogP contribution >= 0.6 is 11.8 Å². The monoisotopic (exact) mass is 468 g/mol. The number of hydrogen-bond acceptors (Lipinski definition) is 5. The van der Waals surface area contributed by atoms with Crippen LogP contribution < -0.4 is 5.32 Å². The lowest BCUT2D eigenvalue weighted by molar-refractivity contribution is -0.116. The Morgan fingerprint density at radius 2 is 1.85 bits per heavy atom. The van der Waals surface area contributed by atoms with Gasteiger partial charge in [-0.05, 0) is 60.9 Å². The van der Waals surface area contributed by atoms with E-state index in [0.717, 1.165) is 33.9 Å². The zero-order chi connectivity index (χ0) is 23.7. The van der Waals surface area contributed by atoms with E-state index in [1.165, 1.54) is 11.8 Å². The second-order valence-electron chi connectivity index (χ2n) is 8.46. The maximum atomic E-state index is 13.0. The molecule has 2 heterocycles. The van der Waals surface area contributed by atoms with Gasteiger partial charge in [-0.3, -0.25) is 14.2 Å². The van der Waals surface area contributed by atoms with Gasteiger partial charge < -0.3 is 5.32 Å². The molecule has 6 nitrogen and oxygen atoms in total. The minimum absolute atomic E-state index is 0.0113. The lowest BCUT2D eigenvalue weighted by Gasteiger charge is -2.11. The van der Waals surface area contributed by atoms with Gasteiger partial charge in [0.1, 0.15) is 5.82 Å². The summed E-state index contributed by atoms with van der Waals surface area (Å²) in [7, 11) is 0. The number of hydrogen-bond donors (Lipinski definition) is 1. The molecule has 1 amide bonds. The van der Waals surface area contributed by atoms with Crippen molar-refractivity contribution in [2.45, 2.75) is 31.3 Å². The van der Waals surface area contributed by atoms with Gasteiger partial charge in [0.2, 0.25) is 5.91 Å². The zero-order valence-electron chi connectivity index (χ0n) is 19.0. The molecule has 4 aromatic rings. The van der Waals surface area contributed by atoms with Crippen LogP contribution in [0.5, 0.6) is 0 Å². The van der Waals surface area contributed by atoms with E-state index in [-0.39, 0.29) is 23.4 Å². The molecule has 1 aliphatic rings. The van der Waals surface area contributed by atoms with Crippen molar-refractivity contribution in [1.29, 1.82) is 0 Å². The van der Waals surface area contributed by atoms with Crippen LogP contribution in [0, 0.1) is 6.92 Å². The van der Waals surface area contributed by atoms with E-state index in [1.807, 2.05) is 54.0 Å². The summed E-state index contributed by atoms with van der Waals surface area (Å²) in [4.78, 5) is 25.0. The van der Waals surface area contributed by atoms with Crippen LogP contribution in [0.3, 0.4) is 0 Å². The van der Waals surface area contributed by atoms with Gasteiger partial charge in [-0.2, -0.15) is 0 Å². The van der Waals surface area contributed by atoms with Gasteiger partial charge >= 0.3 is 0 Å². The topological polar surface area (TPSA) is 76.9 Å². The van der Waals surface area contributed by atoms with Crippen LogP contribution in [0.15, 0.2) is 78.0 Å². The van der Waals surface area contributed by atoms with E-state index in [4.69, 9.17) is 0 Å². The smallest absolute Gasteiger partial charge is 0.231 e. The number of aryl methyl sites for hydroxylation is 1. The Labute approximate surface area is 202 Å². The van der Waals surface area contributed by atoms with Crippen LogP contribution in [0.4, 0.5) is 5.69 Å². The average Bonchev–Trinajstić information content (AvgIpc) is 3.37. The summed E-state index contributed by atoms with van der Waals surface area (Å²) in [6.07, 6.45) is 0.639. The lowest BCUT2D eigenvalue weighted by atomic mass is 9.99.